The van der Waals surface area contributed by atoms with Crippen LogP contribution in [0.15, 0.2) is 53.1 Å². The Bertz CT molecular complexity index is 1010. The summed E-state index contributed by atoms with van der Waals surface area (Å²) in [5, 5.41) is 7.17. The highest BCUT2D eigenvalue weighted by molar-refractivity contribution is 5.93. The van der Waals surface area contributed by atoms with Gasteiger partial charge in [-0.1, -0.05) is 60.1 Å². The Morgan fingerprint density at radius 2 is 1.74 bits per heavy atom. The first kappa shape index (κ1) is 21.2. The van der Waals surface area contributed by atoms with Gasteiger partial charge < -0.3 is 9.84 Å². The molecule has 0 spiro atoms. The van der Waals surface area contributed by atoms with E-state index in [0.717, 1.165) is 49.4 Å². The van der Waals surface area contributed by atoms with Crippen LogP contribution in [0.4, 0.5) is 5.69 Å². The van der Waals surface area contributed by atoms with Crippen LogP contribution < -0.4 is 5.32 Å². The molecule has 1 aromatic heterocycles. The van der Waals surface area contributed by atoms with Gasteiger partial charge in [-0.2, -0.15) is 4.98 Å². The highest BCUT2D eigenvalue weighted by atomic mass is 16.5. The maximum Gasteiger partial charge on any atom is 0.241 e. The number of nitrogens with one attached hydrogen (secondary N) is 1. The van der Waals surface area contributed by atoms with Crippen molar-refractivity contribution in [1.82, 2.24) is 19.9 Å². The lowest BCUT2D eigenvalue weighted by molar-refractivity contribution is -0.117. The van der Waals surface area contributed by atoms with Gasteiger partial charge in [0.1, 0.15) is 0 Å². The first-order valence-corrected chi connectivity index (χ1v) is 10.8. The summed E-state index contributed by atoms with van der Waals surface area (Å²) in [6, 6.07) is 16.1. The van der Waals surface area contributed by atoms with E-state index in [1.54, 1.807) is 0 Å². The van der Waals surface area contributed by atoms with Crippen molar-refractivity contribution in [3.63, 3.8) is 0 Å². The minimum atomic E-state index is 0.0361. The second-order valence-corrected chi connectivity index (χ2v) is 7.99. The zero-order chi connectivity index (χ0) is 21.6. The van der Waals surface area contributed by atoms with Crippen LogP contribution in [-0.4, -0.2) is 58.6 Å². The van der Waals surface area contributed by atoms with E-state index >= 15 is 0 Å². The molecular weight excluding hydrogens is 390 g/mol. The van der Waals surface area contributed by atoms with Crippen molar-refractivity contribution in [2.75, 3.05) is 38.0 Å². The smallest absolute Gasteiger partial charge is 0.241 e. The highest BCUT2D eigenvalue weighted by Crippen LogP contribution is 2.18. The van der Waals surface area contributed by atoms with Gasteiger partial charge in [-0.3, -0.25) is 14.6 Å². The van der Waals surface area contributed by atoms with E-state index in [0.29, 0.717) is 24.8 Å². The molecule has 7 nitrogen and oxygen atoms in total. The fourth-order valence-electron chi connectivity index (χ4n) is 3.78. The molecule has 0 unspecified atom stereocenters. The van der Waals surface area contributed by atoms with Crippen molar-refractivity contribution >= 4 is 11.6 Å². The van der Waals surface area contributed by atoms with Crippen molar-refractivity contribution in [3.05, 3.63) is 65.5 Å². The summed E-state index contributed by atoms with van der Waals surface area (Å²) in [6.45, 7) is 8.58. The molecule has 1 aliphatic rings. The van der Waals surface area contributed by atoms with Crippen LogP contribution in [-0.2, 0) is 17.8 Å². The SMILES string of the molecule is CCc1ccccc1NC(=O)CN1CCN(Cc2nc(-c3ccc(C)cc3)no2)CC1. The Labute approximate surface area is 183 Å². The topological polar surface area (TPSA) is 74.5 Å². The molecule has 0 atom stereocenters. The Morgan fingerprint density at radius 3 is 2.48 bits per heavy atom. The van der Waals surface area contributed by atoms with E-state index in [2.05, 4.69) is 45.2 Å². The van der Waals surface area contributed by atoms with E-state index < -0.39 is 0 Å². The van der Waals surface area contributed by atoms with Gasteiger partial charge in [0.05, 0.1) is 13.1 Å². The van der Waals surface area contributed by atoms with Crippen molar-refractivity contribution in [1.29, 1.82) is 0 Å². The van der Waals surface area contributed by atoms with E-state index in [4.69, 9.17) is 4.52 Å². The molecule has 162 valence electrons. The number of piperazine rings is 1. The number of carbonyl (C=O) groups is 1. The fraction of sp³-hybridized carbons (Fsp3) is 0.375. The Morgan fingerprint density at radius 1 is 1.03 bits per heavy atom. The van der Waals surface area contributed by atoms with Crippen molar-refractivity contribution in [3.8, 4) is 11.4 Å². The number of rotatable bonds is 7. The first-order chi connectivity index (χ1) is 15.1. The standard InChI is InChI=1S/C24H29N5O2/c1-3-19-6-4-5-7-21(19)25-22(30)16-28-12-14-29(15-13-28)17-23-26-24(27-31-23)20-10-8-18(2)9-11-20/h4-11H,3,12-17H2,1-2H3,(H,25,30). The average Bonchev–Trinajstić information content (AvgIpc) is 3.24. The summed E-state index contributed by atoms with van der Waals surface area (Å²) < 4.78 is 5.45. The van der Waals surface area contributed by atoms with Crippen LogP contribution in [0.25, 0.3) is 11.4 Å². The molecule has 1 aliphatic heterocycles. The molecular formula is C24H29N5O2. The van der Waals surface area contributed by atoms with E-state index in [1.165, 1.54) is 5.56 Å². The number of carbonyl (C=O) groups excluding carboxylic acids is 1. The molecule has 4 rings (SSSR count). The molecule has 1 saturated heterocycles. The minimum Gasteiger partial charge on any atom is -0.338 e. The van der Waals surface area contributed by atoms with Gasteiger partial charge in [-0.05, 0) is 25.0 Å². The summed E-state index contributed by atoms with van der Waals surface area (Å²) in [5.41, 5.74) is 4.23. The van der Waals surface area contributed by atoms with Crippen LogP contribution in [0.2, 0.25) is 0 Å². The maximum absolute atomic E-state index is 12.5. The van der Waals surface area contributed by atoms with Crippen molar-refractivity contribution in [2.45, 2.75) is 26.8 Å². The lowest BCUT2D eigenvalue weighted by Gasteiger charge is -2.33. The van der Waals surface area contributed by atoms with Crippen LogP contribution in [0.3, 0.4) is 0 Å². The molecule has 31 heavy (non-hydrogen) atoms. The molecule has 1 amide bonds. The highest BCUT2D eigenvalue weighted by Gasteiger charge is 2.21. The zero-order valence-electron chi connectivity index (χ0n) is 18.2. The van der Waals surface area contributed by atoms with E-state index in [9.17, 15) is 4.79 Å². The second kappa shape index (κ2) is 9.85. The number of nitrogens with zero attached hydrogens (tertiary/aromatic N) is 4. The van der Waals surface area contributed by atoms with E-state index in [-0.39, 0.29) is 5.91 Å². The quantitative estimate of drug-likeness (QED) is 0.633. The number of hydrogen-bond acceptors (Lipinski definition) is 6. The van der Waals surface area contributed by atoms with Crippen molar-refractivity contribution < 1.29 is 9.32 Å². The minimum absolute atomic E-state index is 0.0361. The van der Waals surface area contributed by atoms with Gasteiger partial charge >= 0.3 is 0 Å². The van der Waals surface area contributed by atoms with Gasteiger partial charge in [0, 0.05) is 37.4 Å². The van der Waals surface area contributed by atoms with Crippen LogP contribution in [0.5, 0.6) is 0 Å². The normalized spacial score (nSPS) is 15.2. The van der Waals surface area contributed by atoms with Gasteiger partial charge in [-0.25, -0.2) is 0 Å². The van der Waals surface area contributed by atoms with Crippen LogP contribution >= 0.6 is 0 Å². The van der Waals surface area contributed by atoms with E-state index in [1.807, 2.05) is 42.5 Å². The number of amides is 1. The largest absolute Gasteiger partial charge is 0.338 e. The number of aromatic nitrogens is 2. The number of benzene rings is 2. The number of para-hydroxylation sites is 1. The lowest BCUT2D eigenvalue weighted by Crippen LogP contribution is -2.48. The Hall–Kier alpha value is -3.03. The van der Waals surface area contributed by atoms with Gasteiger partial charge in [0.25, 0.3) is 0 Å². The van der Waals surface area contributed by atoms with Gasteiger partial charge in [0.15, 0.2) is 0 Å². The third-order valence-electron chi connectivity index (χ3n) is 5.64. The molecule has 0 radical (unpaired) electrons. The van der Waals surface area contributed by atoms with Crippen LogP contribution in [0, 0.1) is 6.92 Å². The molecule has 1 fully saturated rings. The summed E-state index contributed by atoms with van der Waals surface area (Å²) >= 11 is 0. The maximum atomic E-state index is 12.5. The number of anilines is 1. The second-order valence-electron chi connectivity index (χ2n) is 7.99. The monoisotopic (exact) mass is 419 g/mol. The third-order valence-corrected chi connectivity index (χ3v) is 5.64. The molecule has 0 saturated carbocycles. The Kier molecular flexibility index (Phi) is 6.74. The first-order valence-electron chi connectivity index (χ1n) is 10.8. The van der Waals surface area contributed by atoms with Gasteiger partial charge in [-0.15, -0.1) is 0 Å². The Balaban J connectivity index is 1.24. The lowest BCUT2D eigenvalue weighted by atomic mass is 10.1. The third kappa shape index (κ3) is 5.57. The van der Waals surface area contributed by atoms with Crippen LogP contribution in [0.1, 0.15) is 23.9 Å². The molecule has 3 aromatic rings. The summed E-state index contributed by atoms with van der Waals surface area (Å²) in [5.74, 6) is 1.28. The number of hydrogen-bond donors (Lipinski definition) is 1. The molecule has 2 aromatic carbocycles. The number of aryl methyl sites for hydroxylation is 2. The molecule has 1 N–H and O–H groups in total. The summed E-state index contributed by atoms with van der Waals surface area (Å²) in [6.07, 6.45) is 0.899. The fourth-order valence-corrected chi connectivity index (χ4v) is 3.78. The predicted molar refractivity (Wildman–Crippen MR) is 121 cm³/mol. The predicted octanol–water partition coefficient (Wildman–Crippen LogP) is 3.36. The van der Waals surface area contributed by atoms with Crippen molar-refractivity contribution in [2.24, 2.45) is 0 Å². The molecule has 2 heterocycles. The molecule has 0 aliphatic carbocycles. The van der Waals surface area contributed by atoms with Gasteiger partial charge in [0.2, 0.25) is 17.6 Å². The summed E-state index contributed by atoms with van der Waals surface area (Å²) in [7, 11) is 0. The molecule has 0 bridgehead atoms. The molecule has 7 heteroatoms. The average molecular weight is 420 g/mol. The summed E-state index contributed by atoms with van der Waals surface area (Å²) in [4.78, 5) is 21.5. The zero-order valence-corrected chi connectivity index (χ0v) is 18.2.